The molecule has 1 aliphatic heterocycles. The van der Waals surface area contributed by atoms with Gasteiger partial charge in [0.25, 0.3) is 0 Å². The molecule has 0 saturated heterocycles. The number of fused-ring (bicyclic) bond motifs is 6. The standard InChI is InChI=1S/C22H15N3.C12H10N.Ir/c1-23-12-13-24(14-23)20-11-5-9-18-17-8-4-7-16-15-6-2-3-10-19(15)25(21(16)17)22(18)20;1-10-7-8-12(13-9-10)11-5-3-2-4-6-11;/h2-10,12-14H,1H3;2-5,7-9H,1H3;/q-2;-1;+3. The van der Waals surface area contributed by atoms with Crippen LogP contribution in [0.4, 0.5) is 5.69 Å². The molecule has 0 amide bonds. The number of para-hydroxylation sites is 2. The van der Waals surface area contributed by atoms with E-state index in [-0.39, 0.29) is 20.1 Å². The molecule has 1 aliphatic rings. The fourth-order valence-corrected chi connectivity index (χ4v) is 5.35. The van der Waals surface area contributed by atoms with E-state index in [2.05, 4.69) is 105 Å². The topological polar surface area (TPSA) is 23.8 Å². The fraction of sp³-hybridized carbons (Fsp3) is 0.0588. The van der Waals surface area contributed by atoms with E-state index in [9.17, 15) is 0 Å². The quantitative estimate of drug-likeness (QED) is 0.174. The Morgan fingerprint density at radius 2 is 1.49 bits per heavy atom. The first-order chi connectivity index (χ1) is 18.7. The molecule has 7 aromatic rings. The molecular weight excluding hydrogens is 657 g/mol. The van der Waals surface area contributed by atoms with Gasteiger partial charge in [-0.05, 0) is 54.6 Å². The minimum atomic E-state index is 0. The molecule has 8 rings (SSSR count). The number of hydrogen-bond donors (Lipinski definition) is 0. The number of nitrogens with zero attached hydrogens (tertiary/aromatic N) is 4. The van der Waals surface area contributed by atoms with Crippen molar-refractivity contribution < 1.29 is 20.1 Å². The van der Waals surface area contributed by atoms with Gasteiger partial charge in [0, 0.05) is 28.0 Å². The van der Waals surface area contributed by atoms with Gasteiger partial charge in [-0.1, -0.05) is 54.2 Å². The van der Waals surface area contributed by atoms with Gasteiger partial charge in [-0.15, -0.1) is 41.3 Å². The molecule has 0 saturated carbocycles. The van der Waals surface area contributed by atoms with Crippen LogP contribution >= 0.6 is 0 Å². The zero-order chi connectivity index (χ0) is 25.6. The van der Waals surface area contributed by atoms with Crippen LogP contribution in [-0.4, -0.2) is 21.3 Å². The van der Waals surface area contributed by atoms with Crippen LogP contribution in [0.5, 0.6) is 0 Å². The SMILES string of the molecule is CN1C=CN(c2[c-]ccc3c4cccc5c6ccccc6n(c23)c54)[CH-]1.Cc1ccc(-c2[c-]cccc2)nc1.[Ir+3]. The zero-order valence-corrected chi connectivity index (χ0v) is 24.0. The summed E-state index contributed by atoms with van der Waals surface area (Å²) >= 11 is 0. The average molecular weight is 682 g/mol. The monoisotopic (exact) mass is 682 g/mol. The van der Waals surface area contributed by atoms with Crippen LogP contribution in [0.15, 0.2) is 110 Å². The van der Waals surface area contributed by atoms with E-state index in [0.29, 0.717) is 0 Å². The molecule has 0 N–H and O–H groups in total. The van der Waals surface area contributed by atoms with Crippen molar-refractivity contribution in [2.24, 2.45) is 0 Å². The van der Waals surface area contributed by atoms with Crippen LogP contribution in [0.3, 0.4) is 0 Å². The molecule has 0 atom stereocenters. The van der Waals surface area contributed by atoms with Crippen LogP contribution in [0.25, 0.3) is 49.4 Å². The first-order valence-corrected chi connectivity index (χ1v) is 12.7. The molecule has 0 unspecified atom stereocenters. The Labute approximate surface area is 241 Å². The summed E-state index contributed by atoms with van der Waals surface area (Å²) in [4.78, 5) is 8.52. The largest absolute Gasteiger partial charge is 3.00 e. The Hall–Kier alpha value is -4.18. The molecule has 4 aromatic carbocycles. The van der Waals surface area contributed by atoms with E-state index in [4.69, 9.17) is 0 Å². The molecule has 4 heterocycles. The Balaban J connectivity index is 0.000000169. The summed E-state index contributed by atoms with van der Waals surface area (Å²) in [6.07, 6.45) is 6.01. The number of aromatic nitrogens is 2. The summed E-state index contributed by atoms with van der Waals surface area (Å²) in [6, 6.07) is 38.0. The molecule has 190 valence electrons. The Bertz CT molecular complexity index is 1920. The van der Waals surface area contributed by atoms with Crippen molar-refractivity contribution in [3.63, 3.8) is 0 Å². The maximum Gasteiger partial charge on any atom is 3.00 e. The second kappa shape index (κ2) is 10.2. The Kier molecular flexibility index (Phi) is 6.56. The van der Waals surface area contributed by atoms with Crippen molar-refractivity contribution in [2.45, 2.75) is 6.92 Å². The molecule has 3 aromatic heterocycles. The maximum absolute atomic E-state index is 4.32. The normalized spacial score (nSPS) is 12.9. The number of hydrogen-bond acceptors (Lipinski definition) is 3. The third-order valence-electron chi connectivity index (χ3n) is 7.08. The number of pyridine rings is 1. The van der Waals surface area contributed by atoms with Crippen LogP contribution in [0.2, 0.25) is 0 Å². The van der Waals surface area contributed by atoms with E-state index in [0.717, 1.165) is 16.9 Å². The van der Waals surface area contributed by atoms with Crippen LogP contribution in [0, 0.1) is 25.7 Å². The minimum absolute atomic E-state index is 0. The van der Waals surface area contributed by atoms with Gasteiger partial charge in [0.1, 0.15) is 0 Å². The van der Waals surface area contributed by atoms with Crippen molar-refractivity contribution in [3.05, 3.63) is 134 Å². The predicted octanol–water partition coefficient (Wildman–Crippen LogP) is 7.83. The van der Waals surface area contributed by atoms with E-state index >= 15 is 0 Å². The zero-order valence-electron chi connectivity index (χ0n) is 21.6. The average Bonchev–Trinajstić information content (AvgIpc) is 3.65. The number of rotatable bonds is 2. The van der Waals surface area contributed by atoms with Crippen molar-refractivity contribution in [2.75, 3.05) is 11.9 Å². The molecule has 0 radical (unpaired) electrons. The maximum atomic E-state index is 4.32. The van der Waals surface area contributed by atoms with Gasteiger partial charge in [0.05, 0.1) is 0 Å². The summed E-state index contributed by atoms with van der Waals surface area (Å²) in [5.74, 6) is 0. The van der Waals surface area contributed by atoms with E-state index in [1.54, 1.807) is 0 Å². The van der Waals surface area contributed by atoms with Crippen LogP contribution in [0.1, 0.15) is 5.56 Å². The summed E-state index contributed by atoms with van der Waals surface area (Å²) in [5.41, 5.74) is 8.05. The van der Waals surface area contributed by atoms with Crippen molar-refractivity contribution >= 4 is 43.8 Å². The smallest absolute Gasteiger partial charge is 0.510 e. The molecule has 0 spiro atoms. The first-order valence-electron chi connectivity index (χ1n) is 12.7. The third-order valence-corrected chi connectivity index (χ3v) is 7.08. The predicted molar refractivity (Wildman–Crippen MR) is 157 cm³/mol. The number of aryl methyl sites for hydroxylation is 1. The molecule has 0 aliphatic carbocycles. The summed E-state index contributed by atoms with van der Waals surface area (Å²) in [6.45, 7) is 4.11. The van der Waals surface area contributed by atoms with E-state index in [1.807, 2.05) is 56.6 Å². The molecule has 4 nitrogen and oxygen atoms in total. The third kappa shape index (κ3) is 4.24. The number of benzene rings is 4. The molecule has 39 heavy (non-hydrogen) atoms. The summed E-state index contributed by atoms with van der Waals surface area (Å²) in [7, 11) is 2.04. The Morgan fingerprint density at radius 3 is 2.23 bits per heavy atom. The second-order valence-corrected chi connectivity index (χ2v) is 9.63. The van der Waals surface area contributed by atoms with Gasteiger partial charge in [0.2, 0.25) is 0 Å². The van der Waals surface area contributed by atoms with Crippen molar-refractivity contribution in [3.8, 4) is 11.3 Å². The van der Waals surface area contributed by atoms with Crippen LogP contribution in [-0.2, 0) is 20.1 Å². The van der Waals surface area contributed by atoms with Crippen molar-refractivity contribution in [1.29, 1.82) is 0 Å². The van der Waals surface area contributed by atoms with Gasteiger partial charge in [0.15, 0.2) is 0 Å². The number of anilines is 1. The summed E-state index contributed by atoms with van der Waals surface area (Å²) in [5, 5.41) is 5.19. The van der Waals surface area contributed by atoms with Gasteiger partial charge in [-0.3, -0.25) is 0 Å². The Morgan fingerprint density at radius 1 is 0.718 bits per heavy atom. The second-order valence-electron chi connectivity index (χ2n) is 9.63. The summed E-state index contributed by atoms with van der Waals surface area (Å²) < 4.78 is 2.40. The van der Waals surface area contributed by atoms with Gasteiger partial charge < -0.3 is 19.2 Å². The van der Waals surface area contributed by atoms with Gasteiger partial charge in [-0.25, -0.2) is 0 Å². The minimum Gasteiger partial charge on any atom is -0.510 e. The van der Waals surface area contributed by atoms with E-state index < -0.39 is 0 Å². The first kappa shape index (κ1) is 25.1. The molecule has 0 bridgehead atoms. The van der Waals surface area contributed by atoms with Gasteiger partial charge >= 0.3 is 20.1 Å². The van der Waals surface area contributed by atoms with Crippen LogP contribution < -0.4 is 4.90 Å². The fourth-order valence-electron chi connectivity index (χ4n) is 5.35. The molecule has 0 fully saturated rings. The molecular formula is C34H25IrN4. The van der Waals surface area contributed by atoms with Gasteiger partial charge in [-0.2, -0.15) is 24.9 Å². The van der Waals surface area contributed by atoms with Crippen molar-refractivity contribution in [1.82, 2.24) is 14.3 Å². The van der Waals surface area contributed by atoms with E-state index in [1.165, 1.54) is 43.7 Å². The molecule has 5 heteroatoms.